The standard InChI is InChI=1S/C16H26O2/c17-16(12-11-15-9-10-15)18-13-5-8-14-6-3-1-2-4-7-14/h5,8,14-15H,1-4,6-7,9-13H2. The topological polar surface area (TPSA) is 26.3 Å². The zero-order valence-electron chi connectivity index (χ0n) is 11.4. The molecule has 2 heteroatoms. The zero-order valence-corrected chi connectivity index (χ0v) is 11.4. The molecule has 2 nitrogen and oxygen atoms in total. The molecule has 0 N–H and O–H groups in total. The van der Waals surface area contributed by atoms with Gasteiger partial charge in [0.1, 0.15) is 6.61 Å². The molecule has 2 aliphatic rings. The number of ether oxygens (including phenoxy) is 1. The van der Waals surface area contributed by atoms with E-state index in [1.54, 1.807) is 0 Å². The molecule has 0 heterocycles. The third kappa shape index (κ3) is 5.70. The highest BCUT2D eigenvalue weighted by Gasteiger charge is 2.22. The summed E-state index contributed by atoms with van der Waals surface area (Å²) in [6.45, 7) is 0.472. The first-order valence-electron chi connectivity index (χ1n) is 7.67. The van der Waals surface area contributed by atoms with Crippen LogP contribution in [0.4, 0.5) is 0 Å². The number of esters is 1. The van der Waals surface area contributed by atoms with Gasteiger partial charge in [-0.1, -0.05) is 50.7 Å². The van der Waals surface area contributed by atoms with Gasteiger partial charge in [-0.3, -0.25) is 4.79 Å². The van der Waals surface area contributed by atoms with Crippen molar-refractivity contribution >= 4 is 5.97 Å². The fourth-order valence-electron chi connectivity index (χ4n) is 2.69. The van der Waals surface area contributed by atoms with Gasteiger partial charge in [0.2, 0.25) is 0 Å². The lowest BCUT2D eigenvalue weighted by Gasteiger charge is -2.07. The van der Waals surface area contributed by atoms with Gasteiger partial charge in [0, 0.05) is 6.42 Å². The maximum Gasteiger partial charge on any atom is 0.306 e. The van der Waals surface area contributed by atoms with Gasteiger partial charge in [0.25, 0.3) is 0 Å². The number of carbonyl (C=O) groups is 1. The van der Waals surface area contributed by atoms with Crippen LogP contribution in [0.2, 0.25) is 0 Å². The zero-order chi connectivity index (χ0) is 12.6. The van der Waals surface area contributed by atoms with Crippen LogP contribution in [-0.2, 0) is 9.53 Å². The summed E-state index contributed by atoms with van der Waals surface area (Å²) in [4.78, 5) is 11.4. The molecule has 2 aliphatic carbocycles. The highest BCUT2D eigenvalue weighted by atomic mass is 16.5. The van der Waals surface area contributed by atoms with Crippen molar-refractivity contribution in [3.05, 3.63) is 12.2 Å². The van der Waals surface area contributed by atoms with Gasteiger partial charge >= 0.3 is 5.97 Å². The van der Waals surface area contributed by atoms with E-state index >= 15 is 0 Å². The van der Waals surface area contributed by atoms with Gasteiger partial charge in [-0.2, -0.15) is 0 Å². The normalized spacial score (nSPS) is 22.0. The van der Waals surface area contributed by atoms with E-state index in [0.717, 1.165) is 18.3 Å². The predicted molar refractivity (Wildman–Crippen MR) is 73.2 cm³/mol. The van der Waals surface area contributed by atoms with Crippen molar-refractivity contribution in [2.45, 2.75) is 64.2 Å². The summed E-state index contributed by atoms with van der Waals surface area (Å²) in [5, 5.41) is 0. The molecule has 2 saturated carbocycles. The molecule has 0 bridgehead atoms. The summed E-state index contributed by atoms with van der Waals surface area (Å²) >= 11 is 0. The molecule has 0 aromatic rings. The molecule has 0 atom stereocenters. The second-order valence-corrected chi connectivity index (χ2v) is 5.84. The lowest BCUT2D eigenvalue weighted by atomic mass is 10.0. The molecular formula is C16H26O2. The average Bonchev–Trinajstić information content (AvgIpc) is 3.19. The van der Waals surface area contributed by atoms with Crippen molar-refractivity contribution in [3.8, 4) is 0 Å². The number of hydrogen-bond acceptors (Lipinski definition) is 2. The molecule has 0 radical (unpaired) electrons. The molecule has 0 aromatic heterocycles. The Kier molecular flexibility index (Phi) is 5.76. The second kappa shape index (κ2) is 7.60. The Bertz CT molecular complexity index is 271. The first-order valence-corrected chi connectivity index (χ1v) is 7.67. The van der Waals surface area contributed by atoms with E-state index in [1.807, 2.05) is 6.08 Å². The van der Waals surface area contributed by atoms with E-state index in [1.165, 1.54) is 51.4 Å². The number of hydrogen-bond donors (Lipinski definition) is 0. The predicted octanol–water partition coefficient (Wildman–Crippen LogP) is 4.25. The highest BCUT2D eigenvalue weighted by Crippen LogP contribution is 2.33. The SMILES string of the molecule is O=C(CCC1CC1)OCC=CC1CCCCCC1. The minimum absolute atomic E-state index is 0.0209. The van der Waals surface area contributed by atoms with Crippen molar-refractivity contribution in [1.82, 2.24) is 0 Å². The summed E-state index contributed by atoms with van der Waals surface area (Å²) < 4.78 is 5.22. The number of allylic oxidation sites excluding steroid dienone is 1. The van der Waals surface area contributed by atoms with E-state index in [-0.39, 0.29) is 5.97 Å². The Morgan fingerprint density at radius 1 is 1.06 bits per heavy atom. The molecule has 0 aliphatic heterocycles. The fraction of sp³-hybridized carbons (Fsp3) is 0.812. The van der Waals surface area contributed by atoms with Crippen molar-refractivity contribution in [3.63, 3.8) is 0 Å². The van der Waals surface area contributed by atoms with Crippen molar-refractivity contribution in [1.29, 1.82) is 0 Å². The monoisotopic (exact) mass is 250 g/mol. The van der Waals surface area contributed by atoms with Gasteiger partial charge in [-0.15, -0.1) is 0 Å². The molecule has 102 valence electrons. The molecule has 18 heavy (non-hydrogen) atoms. The third-order valence-corrected chi connectivity index (χ3v) is 4.10. The van der Waals surface area contributed by atoms with E-state index in [9.17, 15) is 4.79 Å². The van der Waals surface area contributed by atoms with Crippen LogP contribution in [0.15, 0.2) is 12.2 Å². The second-order valence-electron chi connectivity index (χ2n) is 5.84. The number of rotatable bonds is 6. The van der Waals surface area contributed by atoms with Crippen LogP contribution in [0.1, 0.15) is 64.2 Å². The molecule has 0 aromatic carbocycles. The Hall–Kier alpha value is -0.790. The lowest BCUT2D eigenvalue weighted by Crippen LogP contribution is -2.05. The van der Waals surface area contributed by atoms with E-state index in [4.69, 9.17) is 4.74 Å². The van der Waals surface area contributed by atoms with Gasteiger partial charge in [-0.25, -0.2) is 0 Å². The van der Waals surface area contributed by atoms with E-state index in [0.29, 0.717) is 13.0 Å². The Labute approximate surface area is 111 Å². The van der Waals surface area contributed by atoms with Crippen LogP contribution < -0.4 is 0 Å². The number of carbonyl (C=O) groups excluding carboxylic acids is 1. The van der Waals surface area contributed by atoms with Crippen molar-refractivity contribution < 1.29 is 9.53 Å². The van der Waals surface area contributed by atoms with Crippen LogP contribution in [-0.4, -0.2) is 12.6 Å². The maximum atomic E-state index is 11.4. The Morgan fingerprint density at radius 3 is 2.44 bits per heavy atom. The quantitative estimate of drug-likeness (QED) is 0.400. The first kappa shape index (κ1) is 13.6. The van der Waals surface area contributed by atoms with Crippen LogP contribution in [0, 0.1) is 11.8 Å². The minimum Gasteiger partial charge on any atom is -0.461 e. The van der Waals surface area contributed by atoms with Crippen LogP contribution in [0.3, 0.4) is 0 Å². The largest absolute Gasteiger partial charge is 0.461 e. The minimum atomic E-state index is -0.0209. The fourth-order valence-corrected chi connectivity index (χ4v) is 2.69. The van der Waals surface area contributed by atoms with Crippen molar-refractivity contribution in [2.75, 3.05) is 6.61 Å². The molecule has 2 rings (SSSR count). The van der Waals surface area contributed by atoms with Gasteiger partial charge in [0.05, 0.1) is 0 Å². The van der Waals surface area contributed by atoms with Gasteiger partial charge in [0.15, 0.2) is 0 Å². The molecule has 0 spiro atoms. The Balaban J connectivity index is 1.53. The molecule has 0 amide bonds. The van der Waals surface area contributed by atoms with Crippen LogP contribution >= 0.6 is 0 Å². The van der Waals surface area contributed by atoms with E-state index < -0.39 is 0 Å². The molecule has 0 unspecified atom stereocenters. The van der Waals surface area contributed by atoms with Crippen LogP contribution in [0.25, 0.3) is 0 Å². The summed E-state index contributed by atoms with van der Waals surface area (Å²) in [5.74, 6) is 1.52. The summed E-state index contributed by atoms with van der Waals surface area (Å²) in [6.07, 6.45) is 16.7. The van der Waals surface area contributed by atoms with Crippen molar-refractivity contribution in [2.24, 2.45) is 11.8 Å². The Morgan fingerprint density at radius 2 is 1.78 bits per heavy atom. The average molecular weight is 250 g/mol. The summed E-state index contributed by atoms with van der Waals surface area (Å²) in [6, 6.07) is 0. The van der Waals surface area contributed by atoms with Gasteiger partial charge < -0.3 is 4.74 Å². The summed E-state index contributed by atoms with van der Waals surface area (Å²) in [7, 11) is 0. The highest BCUT2D eigenvalue weighted by molar-refractivity contribution is 5.69. The summed E-state index contributed by atoms with van der Waals surface area (Å²) in [5.41, 5.74) is 0. The lowest BCUT2D eigenvalue weighted by molar-refractivity contribution is -0.142. The van der Waals surface area contributed by atoms with Gasteiger partial charge in [-0.05, 0) is 31.1 Å². The first-order chi connectivity index (χ1) is 8.84. The molecule has 0 saturated heterocycles. The van der Waals surface area contributed by atoms with Crippen LogP contribution in [0.5, 0.6) is 0 Å². The smallest absolute Gasteiger partial charge is 0.306 e. The van der Waals surface area contributed by atoms with E-state index in [2.05, 4.69) is 6.08 Å². The molecular weight excluding hydrogens is 224 g/mol. The molecule has 2 fully saturated rings. The maximum absolute atomic E-state index is 11.4. The third-order valence-electron chi connectivity index (χ3n) is 4.10.